The molecule has 1 rings (SSSR count). The molecule has 0 amide bonds. The van der Waals surface area contributed by atoms with Crippen LogP contribution in [0.15, 0.2) is 0 Å². The van der Waals surface area contributed by atoms with E-state index in [2.05, 4.69) is 0 Å². The molecular weight excluding hydrogens is 210 g/mol. The Morgan fingerprint density at radius 3 is 2.46 bits per heavy atom. The summed E-state index contributed by atoms with van der Waals surface area (Å²) in [4.78, 5) is 0. The molecule has 0 bridgehead atoms. The van der Waals surface area contributed by atoms with Crippen LogP contribution in [0, 0.1) is 5.92 Å². The number of primary sulfonamides is 1. The third kappa shape index (κ3) is 4.30. The lowest BCUT2D eigenvalue weighted by molar-refractivity contribution is 0.123. The summed E-state index contributed by atoms with van der Waals surface area (Å²) in [5.74, 6) is 1.82. The second-order valence-electron chi connectivity index (χ2n) is 3.35. The van der Waals surface area contributed by atoms with Crippen LogP contribution in [0.2, 0.25) is 0 Å². The van der Waals surface area contributed by atoms with Gasteiger partial charge in [-0.2, -0.15) is 11.8 Å². The van der Waals surface area contributed by atoms with E-state index in [9.17, 15) is 13.5 Å². The van der Waals surface area contributed by atoms with Gasteiger partial charge in [-0.1, -0.05) is 0 Å². The van der Waals surface area contributed by atoms with Crippen LogP contribution in [0.5, 0.6) is 0 Å². The lowest BCUT2D eigenvalue weighted by atomic mass is 9.97. The average Bonchev–Trinajstić information content (AvgIpc) is 2.03. The van der Waals surface area contributed by atoms with Crippen LogP contribution in [-0.2, 0) is 10.0 Å². The van der Waals surface area contributed by atoms with Crippen LogP contribution in [0.1, 0.15) is 12.8 Å². The Labute approximate surface area is 82.9 Å². The molecule has 1 unspecified atom stereocenters. The van der Waals surface area contributed by atoms with Gasteiger partial charge < -0.3 is 5.11 Å². The van der Waals surface area contributed by atoms with E-state index in [4.69, 9.17) is 5.14 Å². The Balaban J connectivity index is 2.42. The first-order valence-corrected chi connectivity index (χ1v) is 7.12. The van der Waals surface area contributed by atoms with Gasteiger partial charge in [-0.3, -0.25) is 0 Å². The number of aliphatic hydroxyl groups excluding tert-OH is 1. The van der Waals surface area contributed by atoms with Crippen molar-refractivity contribution in [2.24, 2.45) is 11.1 Å². The summed E-state index contributed by atoms with van der Waals surface area (Å²) in [6.07, 6.45) is 0.999. The molecule has 0 aromatic heterocycles. The molecule has 4 nitrogen and oxygen atoms in total. The van der Waals surface area contributed by atoms with Gasteiger partial charge in [0.15, 0.2) is 0 Å². The van der Waals surface area contributed by atoms with Gasteiger partial charge in [-0.05, 0) is 30.3 Å². The molecule has 0 saturated carbocycles. The predicted octanol–water partition coefficient (Wildman–Crippen LogP) is -0.221. The van der Waals surface area contributed by atoms with Crippen molar-refractivity contribution in [2.75, 3.05) is 17.3 Å². The van der Waals surface area contributed by atoms with E-state index in [0.717, 1.165) is 24.3 Å². The van der Waals surface area contributed by atoms with Gasteiger partial charge in [-0.25, -0.2) is 13.6 Å². The topological polar surface area (TPSA) is 80.4 Å². The number of aliphatic hydroxyl groups is 1. The molecule has 1 aliphatic rings. The van der Waals surface area contributed by atoms with Crippen molar-refractivity contribution in [3.05, 3.63) is 0 Å². The molecule has 13 heavy (non-hydrogen) atoms. The fraction of sp³-hybridized carbons (Fsp3) is 1.00. The van der Waals surface area contributed by atoms with E-state index in [0.29, 0.717) is 0 Å². The molecular formula is C7H15NO3S2. The Kier molecular flexibility index (Phi) is 4.03. The van der Waals surface area contributed by atoms with E-state index in [1.165, 1.54) is 0 Å². The number of thioether (sulfide) groups is 1. The zero-order chi connectivity index (χ0) is 9.90. The first kappa shape index (κ1) is 11.3. The maximum absolute atomic E-state index is 10.7. The molecule has 1 aliphatic heterocycles. The van der Waals surface area contributed by atoms with Gasteiger partial charge in [0.1, 0.15) is 0 Å². The van der Waals surface area contributed by atoms with Crippen LogP contribution >= 0.6 is 11.8 Å². The molecule has 1 atom stereocenters. The highest BCUT2D eigenvalue weighted by molar-refractivity contribution is 7.99. The van der Waals surface area contributed by atoms with Crippen molar-refractivity contribution < 1.29 is 13.5 Å². The van der Waals surface area contributed by atoms with Crippen LogP contribution in [0.25, 0.3) is 0 Å². The summed E-state index contributed by atoms with van der Waals surface area (Å²) < 4.78 is 21.4. The quantitative estimate of drug-likeness (QED) is 0.696. The first-order valence-electron chi connectivity index (χ1n) is 4.25. The molecule has 1 saturated heterocycles. The maximum Gasteiger partial charge on any atom is 0.211 e. The van der Waals surface area contributed by atoms with E-state index in [-0.39, 0.29) is 11.7 Å². The molecule has 78 valence electrons. The predicted molar refractivity (Wildman–Crippen MR) is 54.0 cm³/mol. The van der Waals surface area contributed by atoms with Crippen LogP contribution in [0.3, 0.4) is 0 Å². The van der Waals surface area contributed by atoms with Crippen LogP contribution in [-0.4, -0.2) is 36.9 Å². The number of sulfonamides is 1. The number of nitrogens with two attached hydrogens (primary N) is 1. The Morgan fingerprint density at radius 1 is 1.46 bits per heavy atom. The minimum atomic E-state index is -3.53. The molecule has 3 N–H and O–H groups in total. The second-order valence-corrected chi connectivity index (χ2v) is 6.23. The van der Waals surface area contributed by atoms with Crippen molar-refractivity contribution >= 4 is 21.8 Å². The Morgan fingerprint density at radius 2 is 2.00 bits per heavy atom. The van der Waals surface area contributed by atoms with Gasteiger partial charge in [0.2, 0.25) is 10.0 Å². The van der Waals surface area contributed by atoms with E-state index in [1.807, 2.05) is 11.8 Å². The standard InChI is InChI=1S/C7H15NO3S2/c8-13(10,11)5-7(9)6-1-3-12-4-2-6/h6-7,9H,1-5H2,(H2,8,10,11). The summed E-state index contributed by atoms with van der Waals surface area (Å²) in [7, 11) is -3.53. The van der Waals surface area contributed by atoms with E-state index in [1.54, 1.807) is 0 Å². The van der Waals surface area contributed by atoms with Crippen molar-refractivity contribution in [1.82, 2.24) is 0 Å². The minimum Gasteiger partial charge on any atom is -0.392 e. The highest BCUT2D eigenvalue weighted by Crippen LogP contribution is 2.25. The summed E-state index contributed by atoms with van der Waals surface area (Å²) >= 11 is 1.84. The van der Waals surface area contributed by atoms with Crippen LogP contribution < -0.4 is 5.14 Å². The smallest absolute Gasteiger partial charge is 0.211 e. The lowest BCUT2D eigenvalue weighted by Gasteiger charge is -2.25. The lowest BCUT2D eigenvalue weighted by Crippen LogP contribution is -2.34. The molecule has 6 heteroatoms. The molecule has 1 fully saturated rings. The van der Waals surface area contributed by atoms with Gasteiger partial charge in [-0.15, -0.1) is 0 Å². The number of hydrogen-bond acceptors (Lipinski definition) is 4. The van der Waals surface area contributed by atoms with Crippen molar-refractivity contribution in [2.45, 2.75) is 18.9 Å². The normalized spacial score (nSPS) is 22.9. The fourth-order valence-corrected chi connectivity index (χ4v) is 3.37. The Hall–Kier alpha value is 0.220. The summed E-state index contributed by atoms with van der Waals surface area (Å²) in [6.45, 7) is 0. The maximum atomic E-state index is 10.7. The first-order chi connectivity index (χ1) is 5.99. The van der Waals surface area contributed by atoms with E-state index >= 15 is 0 Å². The summed E-state index contributed by atoms with van der Waals surface area (Å²) in [5.41, 5.74) is 0. The zero-order valence-electron chi connectivity index (χ0n) is 7.35. The van der Waals surface area contributed by atoms with E-state index < -0.39 is 16.1 Å². The molecule has 0 radical (unpaired) electrons. The Bertz CT molecular complexity index is 246. The largest absolute Gasteiger partial charge is 0.392 e. The third-order valence-corrected chi connectivity index (χ3v) is 4.07. The van der Waals surface area contributed by atoms with Gasteiger partial charge in [0.25, 0.3) is 0 Å². The van der Waals surface area contributed by atoms with Gasteiger partial charge in [0, 0.05) is 0 Å². The SMILES string of the molecule is NS(=O)(=O)CC(O)C1CCSCC1. The molecule has 0 spiro atoms. The monoisotopic (exact) mass is 225 g/mol. The average molecular weight is 225 g/mol. The van der Waals surface area contributed by atoms with Crippen molar-refractivity contribution in [1.29, 1.82) is 0 Å². The van der Waals surface area contributed by atoms with Gasteiger partial charge >= 0.3 is 0 Å². The summed E-state index contributed by atoms with van der Waals surface area (Å²) in [5, 5.41) is 14.4. The van der Waals surface area contributed by atoms with Crippen LogP contribution in [0.4, 0.5) is 0 Å². The third-order valence-electron chi connectivity index (χ3n) is 2.21. The number of hydrogen-bond donors (Lipinski definition) is 2. The second kappa shape index (κ2) is 4.63. The molecule has 0 aliphatic carbocycles. The molecule has 0 aromatic rings. The highest BCUT2D eigenvalue weighted by Gasteiger charge is 2.24. The van der Waals surface area contributed by atoms with Crippen molar-refractivity contribution in [3.63, 3.8) is 0 Å². The minimum absolute atomic E-state index is 0.111. The van der Waals surface area contributed by atoms with Gasteiger partial charge in [0.05, 0.1) is 11.9 Å². The molecule has 1 heterocycles. The highest BCUT2D eigenvalue weighted by atomic mass is 32.2. The fourth-order valence-electron chi connectivity index (χ4n) is 1.47. The summed E-state index contributed by atoms with van der Waals surface area (Å²) in [6, 6.07) is 0. The zero-order valence-corrected chi connectivity index (χ0v) is 8.98. The number of rotatable bonds is 3. The molecule has 0 aromatic carbocycles. The van der Waals surface area contributed by atoms with Crippen molar-refractivity contribution in [3.8, 4) is 0 Å².